The minimum Gasteiger partial charge on any atom is -0.497 e. The molecule has 0 aliphatic heterocycles. The Morgan fingerprint density at radius 1 is 1.06 bits per heavy atom. The van der Waals surface area contributed by atoms with Crippen LogP contribution < -0.4 is 20.5 Å². The molecule has 2 amide bonds. The molecule has 0 aliphatic carbocycles. The number of thiazole rings is 1. The van der Waals surface area contributed by atoms with Gasteiger partial charge in [-0.15, -0.1) is 11.3 Å². The van der Waals surface area contributed by atoms with Gasteiger partial charge >= 0.3 is 0 Å². The molecular formula is C26H22FN3O5S. The zero-order valence-corrected chi connectivity index (χ0v) is 19.9. The van der Waals surface area contributed by atoms with Crippen molar-refractivity contribution in [1.82, 2.24) is 10.3 Å². The van der Waals surface area contributed by atoms with E-state index >= 15 is 0 Å². The molecule has 1 unspecified atom stereocenters. The minimum atomic E-state index is -2.21. The van der Waals surface area contributed by atoms with Gasteiger partial charge in [-0.05, 0) is 23.8 Å². The monoisotopic (exact) mass is 507 g/mol. The molecule has 0 radical (unpaired) electrons. The number of methoxy groups -OCH3 is 1. The van der Waals surface area contributed by atoms with Gasteiger partial charge in [0, 0.05) is 23.7 Å². The van der Waals surface area contributed by atoms with Crippen LogP contribution in [0.15, 0.2) is 78.3 Å². The number of amides is 2. The first kappa shape index (κ1) is 24.8. The molecule has 36 heavy (non-hydrogen) atoms. The summed E-state index contributed by atoms with van der Waals surface area (Å²) in [5.74, 6) is -1.13. The predicted octanol–water partition coefficient (Wildman–Crippen LogP) is 3.73. The second kappa shape index (κ2) is 10.5. The molecule has 8 nitrogen and oxygen atoms in total. The summed E-state index contributed by atoms with van der Waals surface area (Å²) < 4.78 is 25.8. The molecule has 1 heterocycles. The molecule has 0 aliphatic rings. The van der Waals surface area contributed by atoms with Crippen LogP contribution in [0.3, 0.4) is 0 Å². The molecule has 3 aromatic carbocycles. The van der Waals surface area contributed by atoms with Crippen molar-refractivity contribution in [1.29, 1.82) is 0 Å². The fourth-order valence-corrected chi connectivity index (χ4v) is 4.17. The van der Waals surface area contributed by atoms with Crippen LogP contribution in [0.25, 0.3) is 0 Å². The summed E-state index contributed by atoms with van der Waals surface area (Å²) in [5.41, 5.74) is 5.06. The van der Waals surface area contributed by atoms with Crippen molar-refractivity contribution >= 4 is 23.2 Å². The molecule has 4 N–H and O–H groups in total. The van der Waals surface area contributed by atoms with E-state index in [4.69, 9.17) is 15.2 Å². The lowest BCUT2D eigenvalue weighted by atomic mass is 9.85. The maximum Gasteiger partial charge on any atom is 0.267 e. The maximum atomic E-state index is 14.9. The third kappa shape index (κ3) is 5.04. The van der Waals surface area contributed by atoms with E-state index in [1.54, 1.807) is 42.5 Å². The molecule has 0 spiro atoms. The van der Waals surface area contributed by atoms with Gasteiger partial charge in [0.25, 0.3) is 11.8 Å². The van der Waals surface area contributed by atoms with Crippen molar-refractivity contribution in [2.45, 2.75) is 12.1 Å². The lowest BCUT2D eigenvalue weighted by Gasteiger charge is -2.26. The highest BCUT2D eigenvalue weighted by molar-refractivity contribution is 7.12. The fraction of sp³-hybridized carbons (Fsp3) is 0.115. The second-order valence-electron chi connectivity index (χ2n) is 7.70. The van der Waals surface area contributed by atoms with Crippen LogP contribution in [-0.4, -0.2) is 29.0 Å². The molecule has 4 rings (SSSR count). The normalized spacial score (nSPS) is 12.4. The van der Waals surface area contributed by atoms with Crippen LogP contribution in [0.1, 0.15) is 26.4 Å². The number of halogens is 1. The Morgan fingerprint density at radius 3 is 2.50 bits per heavy atom. The SMILES string of the molecule is COc1cccc(Oc2ncsc2C(=O)NCc2ccc(C(O)(C(N)=O)c3ccccc3)cc2F)c1. The largest absolute Gasteiger partial charge is 0.497 e. The summed E-state index contributed by atoms with van der Waals surface area (Å²) in [5, 5.41) is 13.7. The Balaban J connectivity index is 1.49. The van der Waals surface area contributed by atoms with Crippen molar-refractivity contribution < 1.29 is 28.6 Å². The van der Waals surface area contributed by atoms with Crippen molar-refractivity contribution in [3.8, 4) is 17.4 Å². The molecule has 184 valence electrons. The number of carbonyl (C=O) groups is 2. The van der Waals surface area contributed by atoms with E-state index in [-0.39, 0.29) is 34.0 Å². The number of aromatic nitrogens is 1. The summed E-state index contributed by atoms with van der Waals surface area (Å²) in [4.78, 5) is 29.2. The Kier molecular flexibility index (Phi) is 7.28. The summed E-state index contributed by atoms with van der Waals surface area (Å²) >= 11 is 1.08. The molecule has 1 aromatic heterocycles. The number of benzene rings is 3. The van der Waals surface area contributed by atoms with E-state index in [2.05, 4.69) is 10.3 Å². The third-order valence-corrected chi connectivity index (χ3v) is 6.26. The molecule has 0 fully saturated rings. The predicted molar refractivity (Wildman–Crippen MR) is 131 cm³/mol. The second-order valence-corrected chi connectivity index (χ2v) is 8.55. The van der Waals surface area contributed by atoms with Crippen molar-refractivity contribution in [3.05, 3.63) is 106 Å². The van der Waals surface area contributed by atoms with Gasteiger partial charge in [-0.25, -0.2) is 9.37 Å². The van der Waals surface area contributed by atoms with Crippen LogP contribution in [0, 0.1) is 5.82 Å². The first-order valence-corrected chi connectivity index (χ1v) is 11.6. The number of nitrogens with zero attached hydrogens (tertiary/aromatic N) is 1. The Bertz CT molecular complexity index is 1400. The molecular weight excluding hydrogens is 485 g/mol. The smallest absolute Gasteiger partial charge is 0.267 e. The van der Waals surface area contributed by atoms with Gasteiger partial charge in [0.1, 0.15) is 17.3 Å². The van der Waals surface area contributed by atoms with E-state index in [9.17, 15) is 19.1 Å². The number of hydrogen-bond acceptors (Lipinski definition) is 7. The van der Waals surface area contributed by atoms with Crippen molar-refractivity contribution in [2.24, 2.45) is 5.73 Å². The topological polar surface area (TPSA) is 124 Å². The molecule has 0 bridgehead atoms. The van der Waals surface area contributed by atoms with Gasteiger partial charge in [0.05, 0.1) is 12.6 Å². The van der Waals surface area contributed by atoms with Gasteiger partial charge in [-0.3, -0.25) is 9.59 Å². The van der Waals surface area contributed by atoms with Gasteiger partial charge in [0.15, 0.2) is 10.5 Å². The van der Waals surface area contributed by atoms with Crippen LogP contribution >= 0.6 is 11.3 Å². The van der Waals surface area contributed by atoms with E-state index in [1.807, 2.05) is 0 Å². The van der Waals surface area contributed by atoms with Gasteiger partial charge in [-0.2, -0.15) is 0 Å². The summed E-state index contributed by atoms with van der Waals surface area (Å²) in [7, 11) is 1.53. The Hall–Kier alpha value is -4.28. The fourth-order valence-electron chi connectivity index (χ4n) is 3.54. The summed E-state index contributed by atoms with van der Waals surface area (Å²) in [6, 6.07) is 18.7. The standard InChI is InChI=1S/C26H22FN3O5S/c1-34-19-8-5-9-20(13-19)35-24-22(36-15-30-24)23(31)29-14-16-10-11-18(12-21(16)27)26(33,25(28)32)17-6-3-2-4-7-17/h2-13,15,33H,14H2,1H3,(H2,28,32)(H,29,31). The zero-order valence-electron chi connectivity index (χ0n) is 19.1. The highest BCUT2D eigenvalue weighted by atomic mass is 32.1. The minimum absolute atomic E-state index is 0.0230. The van der Waals surface area contributed by atoms with Crippen LogP contribution in [-0.2, 0) is 16.9 Å². The number of hydrogen-bond donors (Lipinski definition) is 3. The number of carbonyl (C=O) groups excluding carboxylic acids is 2. The zero-order chi connectivity index (χ0) is 25.7. The number of aliphatic hydroxyl groups is 1. The van der Waals surface area contributed by atoms with Gasteiger partial charge in [0.2, 0.25) is 5.88 Å². The lowest BCUT2D eigenvalue weighted by Crippen LogP contribution is -2.42. The van der Waals surface area contributed by atoms with Crippen LogP contribution in [0.4, 0.5) is 4.39 Å². The molecule has 4 aromatic rings. The average molecular weight is 508 g/mol. The quantitative estimate of drug-likeness (QED) is 0.317. The molecule has 1 atom stereocenters. The van der Waals surface area contributed by atoms with Crippen molar-refractivity contribution in [3.63, 3.8) is 0 Å². The van der Waals surface area contributed by atoms with Crippen LogP contribution in [0.5, 0.6) is 17.4 Å². The molecule has 0 saturated carbocycles. The van der Waals surface area contributed by atoms with E-state index in [0.29, 0.717) is 11.5 Å². The number of ether oxygens (including phenoxy) is 2. The lowest BCUT2D eigenvalue weighted by molar-refractivity contribution is -0.133. The first-order valence-electron chi connectivity index (χ1n) is 10.7. The number of rotatable bonds is 9. The highest BCUT2D eigenvalue weighted by Crippen LogP contribution is 2.31. The Morgan fingerprint density at radius 2 is 1.81 bits per heavy atom. The molecule has 0 saturated heterocycles. The number of primary amides is 1. The Labute approximate surface area is 210 Å². The highest BCUT2D eigenvalue weighted by Gasteiger charge is 2.38. The van der Waals surface area contributed by atoms with Crippen molar-refractivity contribution in [2.75, 3.05) is 7.11 Å². The molecule has 10 heteroatoms. The van der Waals surface area contributed by atoms with E-state index < -0.39 is 23.2 Å². The number of nitrogens with one attached hydrogen (secondary N) is 1. The average Bonchev–Trinajstić information content (AvgIpc) is 3.36. The summed E-state index contributed by atoms with van der Waals surface area (Å²) in [6.45, 7) is -0.151. The van der Waals surface area contributed by atoms with Gasteiger partial charge < -0.3 is 25.6 Å². The summed E-state index contributed by atoms with van der Waals surface area (Å²) in [6.07, 6.45) is 0. The van der Waals surface area contributed by atoms with Crippen LogP contribution in [0.2, 0.25) is 0 Å². The third-order valence-electron chi connectivity index (χ3n) is 5.46. The van der Waals surface area contributed by atoms with E-state index in [0.717, 1.165) is 17.4 Å². The van der Waals surface area contributed by atoms with Gasteiger partial charge in [-0.1, -0.05) is 48.5 Å². The first-order chi connectivity index (χ1) is 17.3. The van der Waals surface area contributed by atoms with E-state index in [1.165, 1.54) is 36.9 Å². The number of nitrogens with two attached hydrogens (primary N) is 1. The maximum absolute atomic E-state index is 14.9.